The molecule has 2 rings (SSSR count). The highest BCUT2D eigenvalue weighted by Crippen LogP contribution is 2.25. The van der Waals surface area contributed by atoms with Crippen molar-refractivity contribution in [3.63, 3.8) is 0 Å². The van der Waals surface area contributed by atoms with Crippen molar-refractivity contribution in [2.24, 2.45) is 0 Å². The van der Waals surface area contributed by atoms with Crippen molar-refractivity contribution in [3.05, 3.63) is 59.7 Å². The van der Waals surface area contributed by atoms with Crippen LogP contribution in [0.15, 0.2) is 48.5 Å². The summed E-state index contributed by atoms with van der Waals surface area (Å²) in [5.41, 5.74) is 3.05. The van der Waals surface area contributed by atoms with Gasteiger partial charge in [-0.15, -0.1) is 0 Å². The zero-order valence-corrected chi connectivity index (χ0v) is 13.8. The fourth-order valence-corrected chi connectivity index (χ4v) is 6.62. The van der Waals surface area contributed by atoms with Gasteiger partial charge in [-0.25, -0.2) is 0 Å². The molecule has 0 nitrogen and oxygen atoms in total. The summed E-state index contributed by atoms with van der Waals surface area (Å²) in [6, 6.07) is 17.3. The molecule has 0 saturated heterocycles. The standard InChI is InChI=1S/C17H21ClSi/c1-13(2)19(18,16-8-6-5-7-9-16)17-11-14(3)10-15(4)12-17/h5-13H,1-4H3. The number of hydrogen-bond acceptors (Lipinski definition) is 0. The molecule has 100 valence electrons. The lowest BCUT2D eigenvalue weighted by molar-refractivity contribution is 1.05. The van der Waals surface area contributed by atoms with Crippen LogP contribution in [-0.2, 0) is 0 Å². The summed E-state index contributed by atoms with van der Waals surface area (Å²) < 4.78 is 0. The fraction of sp³-hybridized carbons (Fsp3) is 0.294. The second-order valence-corrected chi connectivity index (χ2v) is 11.1. The van der Waals surface area contributed by atoms with Crippen LogP contribution >= 0.6 is 11.1 Å². The van der Waals surface area contributed by atoms with Crippen LogP contribution in [0.2, 0.25) is 5.54 Å². The van der Waals surface area contributed by atoms with Crippen LogP contribution in [0.4, 0.5) is 0 Å². The summed E-state index contributed by atoms with van der Waals surface area (Å²) in [6.45, 7) is 8.77. The van der Waals surface area contributed by atoms with Crippen LogP contribution in [0.1, 0.15) is 25.0 Å². The van der Waals surface area contributed by atoms with E-state index in [4.69, 9.17) is 11.1 Å². The van der Waals surface area contributed by atoms with E-state index in [1.54, 1.807) is 0 Å². The molecule has 0 amide bonds. The van der Waals surface area contributed by atoms with Crippen molar-refractivity contribution in [2.45, 2.75) is 33.2 Å². The number of halogens is 1. The molecule has 0 N–H and O–H groups in total. The number of hydrogen-bond donors (Lipinski definition) is 0. The fourth-order valence-electron chi connectivity index (χ4n) is 2.70. The van der Waals surface area contributed by atoms with Gasteiger partial charge in [0, 0.05) is 0 Å². The lowest BCUT2D eigenvalue weighted by Crippen LogP contribution is -2.56. The predicted octanol–water partition coefficient (Wildman–Crippen LogP) is 4.01. The Bertz CT molecular complexity index is 542. The molecule has 0 saturated carbocycles. The molecule has 0 aliphatic rings. The summed E-state index contributed by atoms with van der Waals surface area (Å²) in [7, 11) is -2.17. The Morgan fingerprint density at radius 2 is 1.37 bits per heavy atom. The van der Waals surface area contributed by atoms with Gasteiger partial charge in [-0.2, -0.15) is 11.1 Å². The third-order valence-electron chi connectivity index (χ3n) is 3.63. The van der Waals surface area contributed by atoms with E-state index < -0.39 is 7.38 Å². The van der Waals surface area contributed by atoms with Crippen molar-refractivity contribution in [2.75, 3.05) is 0 Å². The lowest BCUT2D eigenvalue weighted by atomic mass is 10.2. The van der Waals surface area contributed by atoms with Crippen LogP contribution in [-0.4, -0.2) is 7.38 Å². The van der Waals surface area contributed by atoms with Crippen LogP contribution in [0.25, 0.3) is 0 Å². The summed E-state index contributed by atoms with van der Waals surface area (Å²) >= 11 is 7.21. The van der Waals surface area contributed by atoms with Gasteiger partial charge in [0.1, 0.15) is 0 Å². The minimum Gasteiger partial charge on any atom is -0.155 e. The highest BCUT2D eigenvalue weighted by molar-refractivity contribution is 7.34. The first-order chi connectivity index (χ1) is 8.94. The van der Waals surface area contributed by atoms with Gasteiger partial charge in [-0.05, 0) is 29.8 Å². The molecule has 19 heavy (non-hydrogen) atoms. The molecule has 2 heteroatoms. The van der Waals surface area contributed by atoms with E-state index in [9.17, 15) is 0 Å². The van der Waals surface area contributed by atoms with Crippen molar-refractivity contribution in [3.8, 4) is 0 Å². The van der Waals surface area contributed by atoms with Crippen LogP contribution in [0.5, 0.6) is 0 Å². The van der Waals surface area contributed by atoms with Gasteiger partial charge in [-0.3, -0.25) is 0 Å². The Morgan fingerprint density at radius 3 is 1.84 bits per heavy atom. The van der Waals surface area contributed by atoms with Gasteiger partial charge in [0.2, 0.25) is 7.38 Å². The van der Waals surface area contributed by atoms with Gasteiger partial charge in [0.15, 0.2) is 0 Å². The van der Waals surface area contributed by atoms with E-state index in [0.717, 1.165) is 0 Å². The molecular formula is C17H21ClSi. The molecule has 0 aromatic heterocycles. The van der Waals surface area contributed by atoms with Crippen molar-refractivity contribution < 1.29 is 0 Å². The molecule has 0 spiro atoms. The van der Waals surface area contributed by atoms with E-state index in [-0.39, 0.29) is 0 Å². The maximum absolute atomic E-state index is 7.21. The van der Waals surface area contributed by atoms with Gasteiger partial charge in [0.05, 0.1) is 0 Å². The highest BCUT2D eigenvalue weighted by atomic mass is 35.6. The van der Waals surface area contributed by atoms with Gasteiger partial charge >= 0.3 is 0 Å². The minimum atomic E-state index is -2.17. The Hall–Kier alpha value is -1.05. The van der Waals surface area contributed by atoms with E-state index in [1.807, 2.05) is 0 Å². The largest absolute Gasteiger partial charge is 0.219 e. The zero-order chi connectivity index (χ0) is 14.0. The van der Waals surface area contributed by atoms with Crippen molar-refractivity contribution >= 4 is 28.8 Å². The lowest BCUT2D eigenvalue weighted by Gasteiger charge is -2.30. The average molecular weight is 289 g/mol. The molecule has 0 fully saturated rings. The summed E-state index contributed by atoms with van der Waals surface area (Å²) in [4.78, 5) is 0. The van der Waals surface area contributed by atoms with Gasteiger partial charge in [-0.1, -0.05) is 73.5 Å². The molecule has 0 heterocycles. The molecular weight excluding hydrogens is 268 g/mol. The van der Waals surface area contributed by atoms with Gasteiger partial charge < -0.3 is 0 Å². The number of rotatable bonds is 3. The highest BCUT2D eigenvalue weighted by Gasteiger charge is 2.39. The normalized spacial score (nSPS) is 14.4. The maximum Gasteiger partial charge on any atom is 0.219 e. The van der Waals surface area contributed by atoms with Gasteiger partial charge in [0.25, 0.3) is 0 Å². The third-order valence-corrected chi connectivity index (χ3v) is 10.1. The average Bonchev–Trinajstić information content (AvgIpc) is 2.37. The third kappa shape index (κ3) is 2.77. The minimum absolute atomic E-state index is 0.456. The van der Waals surface area contributed by atoms with Crippen LogP contribution in [0.3, 0.4) is 0 Å². The van der Waals surface area contributed by atoms with E-state index in [1.165, 1.54) is 21.5 Å². The molecule has 2 aromatic carbocycles. The van der Waals surface area contributed by atoms with E-state index in [0.29, 0.717) is 5.54 Å². The number of aryl methyl sites for hydroxylation is 2. The SMILES string of the molecule is Cc1cc(C)cc([Si](Cl)(c2ccccc2)C(C)C)c1. The summed E-state index contributed by atoms with van der Waals surface area (Å²) in [5.74, 6) is 0. The van der Waals surface area contributed by atoms with E-state index in [2.05, 4.69) is 76.2 Å². The molecule has 0 aliphatic carbocycles. The Morgan fingerprint density at radius 1 is 0.842 bits per heavy atom. The first-order valence-corrected chi connectivity index (χ1v) is 9.86. The molecule has 2 aromatic rings. The predicted molar refractivity (Wildman–Crippen MR) is 88.3 cm³/mol. The van der Waals surface area contributed by atoms with Crippen molar-refractivity contribution in [1.29, 1.82) is 0 Å². The number of benzene rings is 2. The second-order valence-electron chi connectivity index (χ2n) is 5.61. The monoisotopic (exact) mass is 288 g/mol. The maximum atomic E-state index is 7.21. The smallest absolute Gasteiger partial charge is 0.155 e. The Balaban J connectivity index is 2.63. The first-order valence-electron chi connectivity index (χ1n) is 6.78. The summed E-state index contributed by atoms with van der Waals surface area (Å²) in [6.07, 6.45) is 0. The zero-order valence-electron chi connectivity index (χ0n) is 12.1. The Labute approximate surface area is 122 Å². The molecule has 1 atom stereocenters. The topological polar surface area (TPSA) is 0 Å². The molecule has 0 aliphatic heterocycles. The quantitative estimate of drug-likeness (QED) is 0.591. The second kappa shape index (κ2) is 5.52. The molecule has 0 bridgehead atoms. The first kappa shape index (κ1) is 14.4. The van der Waals surface area contributed by atoms with Crippen molar-refractivity contribution in [1.82, 2.24) is 0 Å². The van der Waals surface area contributed by atoms with Crippen LogP contribution < -0.4 is 10.4 Å². The van der Waals surface area contributed by atoms with E-state index >= 15 is 0 Å². The molecule has 0 radical (unpaired) electrons. The Kier molecular flexibility index (Phi) is 4.17. The molecule has 1 unspecified atom stereocenters. The summed E-state index contributed by atoms with van der Waals surface area (Å²) in [5, 5.41) is 2.63. The van der Waals surface area contributed by atoms with Crippen LogP contribution in [0, 0.1) is 13.8 Å².